The van der Waals surface area contributed by atoms with E-state index in [9.17, 15) is 0 Å². The van der Waals surface area contributed by atoms with Crippen molar-refractivity contribution in [3.8, 4) is 17.0 Å². The molecule has 1 aromatic heterocycles. The maximum Gasteiger partial charge on any atom is 0.118 e. The number of hydrogen-bond acceptors (Lipinski definition) is 5. The van der Waals surface area contributed by atoms with Gasteiger partial charge in [-0.25, -0.2) is 0 Å². The summed E-state index contributed by atoms with van der Waals surface area (Å²) < 4.78 is 10.9. The molecule has 2 saturated heterocycles. The molecule has 0 radical (unpaired) electrons. The molecule has 128 valence electrons. The summed E-state index contributed by atoms with van der Waals surface area (Å²) in [6.07, 6.45) is 3.10. The lowest BCUT2D eigenvalue weighted by Gasteiger charge is -2.43. The molecule has 0 bridgehead atoms. The number of ether oxygens (including phenoxy) is 2. The molecule has 2 aromatic rings. The number of nitrogens with zero attached hydrogens (tertiary/aromatic N) is 2. The molecule has 3 heterocycles. The highest BCUT2D eigenvalue weighted by atomic mass is 32.2. The molecule has 4 rings (SSSR count). The Bertz CT molecular complexity index is 671. The van der Waals surface area contributed by atoms with E-state index in [-0.39, 0.29) is 0 Å². The number of thioether (sulfide) groups is 1. The Morgan fingerprint density at radius 2 is 2.25 bits per heavy atom. The van der Waals surface area contributed by atoms with Crippen LogP contribution in [0.1, 0.15) is 12.0 Å². The summed E-state index contributed by atoms with van der Waals surface area (Å²) in [6.45, 7) is 3.86. The smallest absolute Gasteiger partial charge is 0.118 e. The number of aromatic nitrogens is 2. The van der Waals surface area contributed by atoms with E-state index >= 15 is 0 Å². The van der Waals surface area contributed by atoms with Crippen LogP contribution >= 0.6 is 11.8 Å². The van der Waals surface area contributed by atoms with Crippen molar-refractivity contribution in [2.24, 2.45) is 0 Å². The molecule has 0 aliphatic carbocycles. The van der Waals surface area contributed by atoms with Gasteiger partial charge in [0, 0.05) is 47.9 Å². The van der Waals surface area contributed by atoms with Crippen molar-refractivity contribution in [2.75, 3.05) is 32.6 Å². The first-order valence-electron chi connectivity index (χ1n) is 8.45. The molecule has 2 aliphatic heterocycles. The Kier molecular flexibility index (Phi) is 4.78. The fourth-order valence-corrected chi connectivity index (χ4v) is 4.98. The van der Waals surface area contributed by atoms with Gasteiger partial charge >= 0.3 is 0 Å². The van der Waals surface area contributed by atoms with Crippen molar-refractivity contribution >= 4 is 11.8 Å². The average molecular weight is 345 g/mol. The molecule has 6 heteroatoms. The minimum absolute atomic E-state index is 0.615. The van der Waals surface area contributed by atoms with E-state index in [1.165, 1.54) is 11.3 Å². The Balaban J connectivity index is 1.53. The number of H-pyrrole nitrogens is 1. The van der Waals surface area contributed by atoms with E-state index in [2.05, 4.69) is 39.0 Å². The van der Waals surface area contributed by atoms with Crippen LogP contribution in [0, 0.1) is 0 Å². The molecule has 0 amide bonds. The van der Waals surface area contributed by atoms with E-state index in [4.69, 9.17) is 9.47 Å². The van der Waals surface area contributed by atoms with Crippen LogP contribution in [-0.2, 0) is 11.3 Å². The van der Waals surface area contributed by atoms with Gasteiger partial charge in [0.15, 0.2) is 0 Å². The number of rotatable bonds is 4. The van der Waals surface area contributed by atoms with Crippen molar-refractivity contribution in [3.63, 3.8) is 0 Å². The highest BCUT2D eigenvalue weighted by Gasteiger charge is 2.34. The Labute approximate surface area is 146 Å². The monoisotopic (exact) mass is 345 g/mol. The summed E-state index contributed by atoms with van der Waals surface area (Å²) in [5, 5.41) is 8.09. The second kappa shape index (κ2) is 7.17. The van der Waals surface area contributed by atoms with Crippen LogP contribution in [0.25, 0.3) is 11.3 Å². The molecule has 1 aromatic carbocycles. The number of fused-ring (bicyclic) bond motifs is 1. The van der Waals surface area contributed by atoms with Crippen molar-refractivity contribution in [1.29, 1.82) is 0 Å². The number of methoxy groups -OCH3 is 1. The quantitative estimate of drug-likeness (QED) is 0.923. The summed E-state index contributed by atoms with van der Waals surface area (Å²) in [6, 6.07) is 8.77. The van der Waals surface area contributed by atoms with E-state index in [0.717, 1.165) is 49.7 Å². The highest BCUT2D eigenvalue weighted by Crippen LogP contribution is 2.32. The van der Waals surface area contributed by atoms with Crippen LogP contribution < -0.4 is 4.74 Å². The van der Waals surface area contributed by atoms with Gasteiger partial charge < -0.3 is 9.47 Å². The first kappa shape index (κ1) is 16.0. The molecule has 2 fully saturated rings. The molecule has 0 unspecified atom stereocenters. The molecule has 5 nitrogen and oxygen atoms in total. The van der Waals surface area contributed by atoms with Crippen LogP contribution in [0.5, 0.6) is 5.75 Å². The van der Waals surface area contributed by atoms with Gasteiger partial charge in [0.2, 0.25) is 0 Å². The fourth-order valence-electron chi connectivity index (χ4n) is 3.62. The van der Waals surface area contributed by atoms with Gasteiger partial charge in [-0.05, 0) is 30.7 Å². The summed E-state index contributed by atoms with van der Waals surface area (Å²) >= 11 is 2.06. The largest absolute Gasteiger partial charge is 0.497 e. The number of aromatic amines is 1. The van der Waals surface area contributed by atoms with Crippen LogP contribution in [0.4, 0.5) is 0 Å². The summed E-state index contributed by atoms with van der Waals surface area (Å²) in [7, 11) is 1.69. The second-order valence-corrected chi connectivity index (χ2v) is 7.66. The van der Waals surface area contributed by atoms with Gasteiger partial charge in [0.05, 0.1) is 25.6 Å². The van der Waals surface area contributed by atoms with Crippen LogP contribution in [0.3, 0.4) is 0 Å². The maximum absolute atomic E-state index is 5.66. The van der Waals surface area contributed by atoms with Crippen molar-refractivity contribution < 1.29 is 9.47 Å². The molecule has 2 aliphatic rings. The standard InChI is InChI=1S/C18H23N3O2S/c1-22-15-4-2-13(3-5-15)18-14(10-19-20-18)11-21-7-9-24-17-12-23-8-6-16(17)21/h2-5,10,16-17H,6-9,11-12H2,1H3,(H,19,20)/t16-,17+/m0/s1. The van der Waals surface area contributed by atoms with Crippen molar-refractivity contribution in [3.05, 3.63) is 36.0 Å². The SMILES string of the molecule is COc1ccc(-c2[nH]ncc2CN2CCS[C@@H]3COCC[C@@H]32)cc1. The lowest BCUT2D eigenvalue weighted by molar-refractivity contribution is 0.0352. The van der Waals surface area contributed by atoms with Crippen molar-refractivity contribution in [2.45, 2.75) is 24.3 Å². The molecular weight excluding hydrogens is 322 g/mol. The van der Waals surface area contributed by atoms with Gasteiger partial charge in [-0.1, -0.05) is 0 Å². The van der Waals surface area contributed by atoms with Gasteiger partial charge in [-0.15, -0.1) is 0 Å². The Morgan fingerprint density at radius 3 is 3.08 bits per heavy atom. The van der Waals surface area contributed by atoms with Crippen LogP contribution in [0.2, 0.25) is 0 Å². The van der Waals surface area contributed by atoms with Gasteiger partial charge in [0.1, 0.15) is 5.75 Å². The summed E-state index contributed by atoms with van der Waals surface area (Å²) in [5.41, 5.74) is 3.52. The maximum atomic E-state index is 5.66. The second-order valence-electron chi connectivity index (χ2n) is 6.31. The summed E-state index contributed by atoms with van der Waals surface area (Å²) in [4.78, 5) is 2.61. The first-order valence-corrected chi connectivity index (χ1v) is 9.50. The van der Waals surface area contributed by atoms with Crippen molar-refractivity contribution in [1.82, 2.24) is 15.1 Å². The molecule has 2 atom stereocenters. The first-order chi connectivity index (χ1) is 11.8. The zero-order valence-electron chi connectivity index (χ0n) is 13.9. The zero-order chi connectivity index (χ0) is 16.4. The third-order valence-corrected chi connectivity index (χ3v) is 6.22. The molecule has 0 saturated carbocycles. The van der Waals surface area contributed by atoms with E-state index in [0.29, 0.717) is 11.3 Å². The normalized spacial score (nSPS) is 24.5. The lowest BCUT2D eigenvalue weighted by atomic mass is 10.0. The third kappa shape index (κ3) is 3.18. The van der Waals surface area contributed by atoms with E-state index in [1.807, 2.05) is 18.3 Å². The minimum atomic E-state index is 0.615. The number of nitrogens with one attached hydrogen (secondary N) is 1. The molecule has 0 spiro atoms. The molecular formula is C18H23N3O2S. The highest BCUT2D eigenvalue weighted by molar-refractivity contribution is 8.00. The lowest BCUT2D eigenvalue weighted by Crippen LogP contribution is -2.51. The zero-order valence-corrected chi connectivity index (χ0v) is 14.7. The summed E-state index contributed by atoms with van der Waals surface area (Å²) in [5.74, 6) is 2.05. The predicted octanol–water partition coefficient (Wildman–Crippen LogP) is 2.79. The topological polar surface area (TPSA) is 50.4 Å². The van der Waals surface area contributed by atoms with E-state index in [1.54, 1.807) is 7.11 Å². The third-order valence-electron chi connectivity index (χ3n) is 4.92. The predicted molar refractivity (Wildman–Crippen MR) is 96.5 cm³/mol. The average Bonchev–Trinajstić information content (AvgIpc) is 3.10. The van der Waals surface area contributed by atoms with Gasteiger partial charge in [-0.2, -0.15) is 16.9 Å². The Hall–Kier alpha value is -1.50. The van der Waals surface area contributed by atoms with Gasteiger partial charge in [-0.3, -0.25) is 10.00 Å². The van der Waals surface area contributed by atoms with E-state index < -0.39 is 0 Å². The fraction of sp³-hybridized carbons (Fsp3) is 0.500. The molecule has 1 N–H and O–H groups in total. The minimum Gasteiger partial charge on any atom is -0.497 e. The van der Waals surface area contributed by atoms with Crippen LogP contribution in [0.15, 0.2) is 30.5 Å². The molecule has 24 heavy (non-hydrogen) atoms. The number of hydrogen-bond donors (Lipinski definition) is 1. The Morgan fingerprint density at radius 1 is 1.38 bits per heavy atom. The van der Waals surface area contributed by atoms with Gasteiger partial charge in [0.25, 0.3) is 0 Å². The van der Waals surface area contributed by atoms with Crippen LogP contribution in [-0.4, -0.2) is 59.0 Å². The number of benzene rings is 1.